The van der Waals surface area contributed by atoms with Crippen molar-refractivity contribution in [3.63, 3.8) is 0 Å². The Balaban J connectivity index is 1.60. The van der Waals surface area contributed by atoms with Crippen molar-refractivity contribution in [3.05, 3.63) is 42.0 Å². The summed E-state index contributed by atoms with van der Waals surface area (Å²) in [7, 11) is 3.47. The van der Waals surface area contributed by atoms with Crippen molar-refractivity contribution >= 4 is 22.6 Å². The summed E-state index contributed by atoms with van der Waals surface area (Å²) in [5.74, 6) is 0.468. The maximum absolute atomic E-state index is 12.6. The van der Waals surface area contributed by atoms with Crippen molar-refractivity contribution in [3.8, 4) is 5.75 Å². The van der Waals surface area contributed by atoms with Crippen LogP contribution in [0, 0.1) is 5.92 Å². The molecular weight excluding hydrogens is 342 g/mol. The summed E-state index contributed by atoms with van der Waals surface area (Å²) in [5, 5.41) is 2.23. The highest BCUT2D eigenvalue weighted by molar-refractivity contribution is 5.85. The van der Waals surface area contributed by atoms with Gasteiger partial charge in [0.05, 0.1) is 19.6 Å². The largest absolute Gasteiger partial charge is 0.497 e. The zero-order chi connectivity index (χ0) is 19.4. The first-order valence-electron chi connectivity index (χ1n) is 9.28. The van der Waals surface area contributed by atoms with E-state index in [1.54, 1.807) is 12.0 Å². The highest BCUT2D eigenvalue weighted by Crippen LogP contribution is 2.22. The van der Waals surface area contributed by atoms with E-state index in [4.69, 9.17) is 10.5 Å². The van der Waals surface area contributed by atoms with E-state index in [1.165, 1.54) is 0 Å². The van der Waals surface area contributed by atoms with Gasteiger partial charge in [0.1, 0.15) is 5.75 Å². The molecule has 0 saturated carbocycles. The SMILES string of the molecule is COc1ccc2cc(CN(C)C(=O)CN3CCC[C@H](C(N)=O)C3)ccc2c1. The van der Waals surface area contributed by atoms with Crippen molar-refractivity contribution < 1.29 is 14.3 Å². The molecule has 0 aromatic heterocycles. The molecular formula is C21H27N3O3. The predicted octanol–water partition coefficient (Wildman–Crippen LogP) is 2.00. The zero-order valence-electron chi connectivity index (χ0n) is 16.0. The number of methoxy groups -OCH3 is 1. The lowest BCUT2D eigenvalue weighted by molar-refractivity contribution is -0.133. The molecule has 2 N–H and O–H groups in total. The molecule has 27 heavy (non-hydrogen) atoms. The van der Waals surface area contributed by atoms with Gasteiger partial charge < -0.3 is 15.4 Å². The molecule has 1 aliphatic heterocycles. The highest BCUT2D eigenvalue weighted by atomic mass is 16.5. The summed E-state index contributed by atoms with van der Waals surface area (Å²) in [5.41, 5.74) is 6.50. The van der Waals surface area contributed by atoms with Crippen LogP contribution in [-0.4, -0.2) is 55.4 Å². The molecule has 2 aromatic carbocycles. The molecule has 1 aliphatic rings. The fourth-order valence-corrected chi connectivity index (χ4v) is 3.60. The third-order valence-corrected chi connectivity index (χ3v) is 5.22. The van der Waals surface area contributed by atoms with E-state index in [1.807, 2.05) is 42.3 Å². The van der Waals surface area contributed by atoms with E-state index in [-0.39, 0.29) is 17.7 Å². The van der Waals surface area contributed by atoms with Gasteiger partial charge in [-0.3, -0.25) is 14.5 Å². The van der Waals surface area contributed by atoms with Gasteiger partial charge in [0.15, 0.2) is 0 Å². The monoisotopic (exact) mass is 369 g/mol. The molecule has 2 aromatic rings. The topological polar surface area (TPSA) is 75.9 Å². The predicted molar refractivity (Wildman–Crippen MR) is 105 cm³/mol. The highest BCUT2D eigenvalue weighted by Gasteiger charge is 2.25. The maximum Gasteiger partial charge on any atom is 0.236 e. The van der Waals surface area contributed by atoms with E-state index in [2.05, 4.69) is 6.07 Å². The quantitative estimate of drug-likeness (QED) is 0.845. The third kappa shape index (κ3) is 4.77. The lowest BCUT2D eigenvalue weighted by atomic mass is 9.97. The van der Waals surface area contributed by atoms with Crippen LogP contribution in [0.1, 0.15) is 18.4 Å². The number of amides is 2. The molecule has 0 spiro atoms. The van der Waals surface area contributed by atoms with Gasteiger partial charge in [-0.2, -0.15) is 0 Å². The fraction of sp³-hybridized carbons (Fsp3) is 0.429. The van der Waals surface area contributed by atoms with E-state index in [0.29, 0.717) is 19.6 Å². The standard InChI is InChI=1S/C21H27N3O3/c1-23(20(25)14-24-9-3-4-18(13-24)21(22)26)12-15-5-6-17-11-19(27-2)8-7-16(17)10-15/h5-8,10-11,18H,3-4,9,12-14H2,1-2H3,(H2,22,26)/t18-/m0/s1. The van der Waals surface area contributed by atoms with Crippen LogP contribution in [0.2, 0.25) is 0 Å². The summed E-state index contributed by atoms with van der Waals surface area (Å²) in [6, 6.07) is 12.1. The van der Waals surface area contributed by atoms with Crippen LogP contribution >= 0.6 is 0 Å². The molecule has 144 valence electrons. The Morgan fingerprint density at radius 3 is 2.70 bits per heavy atom. The smallest absolute Gasteiger partial charge is 0.236 e. The van der Waals surface area contributed by atoms with Crippen molar-refractivity contribution in [1.29, 1.82) is 0 Å². The number of hydrogen-bond donors (Lipinski definition) is 1. The van der Waals surface area contributed by atoms with Crippen LogP contribution in [0.5, 0.6) is 5.75 Å². The zero-order valence-corrected chi connectivity index (χ0v) is 16.0. The Labute approximate surface area is 159 Å². The molecule has 1 fully saturated rings. The normalized spacial score (nSPS) is 17.6. The minimum atomic E-state index is -0.270. The molecule has 0 radical (unpaired) electrons. The summed E-state index contributed by atoms with van der Waals surface area (Å²) in [6.07, 6.45) is 1.72. The number of benzene rings is 2. The molecule has 1 saturated heterocycles. The average Bonchev–Trinajstić information content (AvgIpc) is 2.67. The summed E-state index contributed by atoms with van der Waals surface area (Å²) in [4.78, 5) is 27.8. The number of rotatable bonds is 6. The Bertz CT molecular complexity index is 837. The van der Waals surface area contributed by atoms with Gasteiger partial charge in [-0.05, 0) is 53.9 Å². The Hall–Kier alpha value is -2.60. The van der Waals surface area contributed by atoms with Gasteiger partial charge in [-0.15, -0.1) is 0 Å². The number of nitrogens with two attached hydrogens (primary N) is 1. The number of carbonyl (C=O) groups is 2. The fourth-order valence-electron chi connectivity index (χ4n) is 3.60. The second kappa shape index (κ2) is 8.39. The first-order chi connectivity index (χ1) is 13.0. The van der Waals surface area contributed by atoms with Crippen LogP contribution in [0.25, 0.3) is 10.8 Å². The Morgan fingerprint density at radius 2 is 1.96 bits per heavy atom. The van der Waals surface area contributed by atoms with Crippen molar-refractivity contribution in [1.82, 2.24) is 9.80 Å². The van der Waals surface area contributed by atoms with Crippen molar-refractivity contribution in [2.24, 2.45) is 11.7 Å². The summed E-state index contributed by atoms with van der Waals surface area (Å²) in [6.45, 7) is 2.28. The van der Waals surface area contributed by atoms with E-state index in [0.717, 1.165) is 41.5 Å². The molecule has 1 atom stereocenters. The molecule has 6 heteroatoms. The maximum atomic E-state index is 12.6. The number of likely N-dealkylation sites (N-methyl/N-ethyl adjacent to an activating group) is 1. The van der Waals surface area contributed by atoms with Crippen molar-refractivity contribution in [2.45, 2.75) is 19.4 Å². The minimum absolute atomic E-state index is 0.0509. The Morgan fingerprint density at radius 1 is 1.22 bits per heavy atom. The molecule has 0 unspecified atom stereocenters. The second-order valence-corrected chi connectivity index (χ2v) is 7.27. The van der Waals surface area contributed by atoms with Gasteiger partial charge in [-0.25, -0.2) is 0 Å². The lowest BCUT2D eigenvalue weighted by Crippen LogP contribution is -2.45. The van der Waals surface area contributed by atoms with Crippen molar-refractivity contribution in [2.75, 3.05) is 33.8 Å². The lowest BCUT2D eigenvalue weighted by Gasteiger charge is -2.31. The molecule has 6 nitrogen and oxygen atoms in total. The number of likely N-dealkylation sites (tertiary alicyclic amines) is 1. The van der Waals surface area contributed by atoms with E-state index < -0.39 is 0 Å². The number of fused-ring (bicyclic) bond motifs is 1. The third-order valence-electron chi connectivity index (χ3n) is 5.22. The van der Waals surface area contributed by atoms with Gasteiger partial charge in [0.2, 0.25) is 11.8 Å². The molecule has 2 amide bonds. The van der Waals surface area contributed by atoms with Gasteiger partial charge in [0.25, 0.3) is 0 Å². The summed E-state index contributed by atoms with van der Waals surface area (Å²) >= 11 is 0. The number of ether oxygens (including phenoxy) is 1. The first kappa shape index (κ1) is 19.2. The Kier molecular flexibility index (Phi) is 5.96. The van der Waals surface area contributed by atoms with Crippen LogP contribution < -0.4 is 10.5 Å². The number of primary amides is 1. The van der Waals surface area contributed by atoms with Gasteiger partial charge in [-0.1, -0.05) is 18.2 Å². The number of carbonyl (C=O) groups excluding carboxylic acids is 2. The number of hydrogen-bond acceptors (Lipinski definition) is 4. The second-order valence-electron chi connectivity index (χ2n) is 7.27. The van der Waals surface area contributed by atoms with Crippen LogP contribution in [0.15, 0.2) is 36.4 Å². The molecule has 0 aliphatic carbocycles. The molecule has 3 rings (SSSR count). The molecule has 0 bridgehead atoms. The van der Waals surface area contributed by atoms with Crippen LogP contribution in [0.3, 0.4) is 0 Å². The minimum Gasteiger partial charge on any atom is -0.497 e. The van der Waals surface area contributed by atoms with Gasteiger partial charge >= 0.3 is 0 Å². The first-order valence-corrected chi connectivity index (χ1v) is 9.28. The van der Waals surface area contributed by atoms with E-state index >= 15 is 0 Å². The number of nitrogens with zero attached hydrogens (tertiary/aromatic N) is 2. The van der Waals surface area contributed by atoms with E-state index in [9.17, 15) is 9.59 Å². The van der Waals surface area contributed by atoms with Crippen LogP contribution in [0.4, 0.5) is 0 Å². The summed E-state index contributed by atoms with van der Waals surface area (Å²) < 4.78 is 5.26. The number of piperidine rings is 1. The molecule has 1 heterocycles. The average molecular weight is 369 g/mol. The van der Waals surface area contributed by atoms with Gasteiger partial charge in [0, 0.05) is 20.1 Å². The van der Waals surface area contributed by atoms with Crippen LogP contribution in [-0.2, 0) is 16.1 Å².